The second-order valence-electron chi connectivity index (χ2n) is 6.29. The first kappa shape index (κ1) is 19.9. The molecular formula is C21H14BrF3N2O. The molecular weight excluding hydrogens is 433 g/mol. The van der Waals surface area contributed by atoms with Crippen molar-refractivity contribution >= 4 is 21.6 Å². The van der Waals surface area contributed by atoms with Crippen molar-refractivity contribution in [1.29, 1.82) is 0 Å². The lowest BCUT2D eigenvalue weighted by Gasteiger charge is -2.18. The first-order chi connectivity index (χ1) is 13.2. The average Bonchev–Trinajstić information content (AvgIpc) is 2.62. The van der Waals surface area contributed by atoms with Gasteiger partial charge in [-0.05, 0) is 42.3 Å². The van der Waals surface area contributed by atoms with E-state index in [9.17, 15) is 18.0 Å². The van der Waals surface area contributed by atoms with Crippen LogP contribution in [0, 0.1) is 13.5 Å². The number of hydrogen-bond donors (Lipinski definition) is 0. The molecule has 3 rings (SSSR count). The molecule has 142 valence electrons. The van der Waals surface area contributed by atoms with Gasteiger partial charge in [-0.15, -0.1) is 0 Å². The van der Waals surface area contributed by atoms with Gasteiger partial charge in [0.05, 0.1) is 12.1 Å². The molecule has 0 N–H and O–H groups in total. The van der Waals surface area contributed by atoms with E-state index in [-0.39, 0.29) is 12.2 Å². The first-order valence-electron chi connectivity index (χ1n) is 8.24. The summed E-state index contributed by atoms with van der Waals surface area (Å²) >= 11 is 3.35. The first-order valence-corrected chi connectivity index (χ1v) is 9.04. The molecule has 7 heteroatoms. The Bertz CT molecular complexity index is 1140. The van der Waals surface area contributed by atoms with Gasteiger partial charge < -0.3 is 4.57 Å². The fraction of sp³-hybridized carbons (Fsp3) is 0.143. The normalized spacial score (nSPS) is 11.3. The van der Waals surface area contributed by atoms with Gasteiger partial charge in [0.2, 0.25) is 0 Å². The molecule has 0 aliphatic heterocycles. The van der Waals surface area contributed by atoms with Crippen LogP contribution in [-0.4, -0.2) is 4.57 Å². The van der Waals surface area contributed by atoms with Crippen LogP contribution in [0.15, 0.2) is 63.9 Å². The van der Waals surface area contributed by atoms with Gasteiger partial charge in [-0.1, -0.05) is 51.8 Å². The number of alkyl halides is 3. The van der Waals surface area contributed by atoms with E-state index in [1.165, 1.54) is 4.57 Å². The minimum atomic E-state index is -4.80. The monoisotopic (exact) mass is 446 g/mol. The van der Waals surface area contributed by atoms with Crippen molar-refractivity contribution in [2.75, 3.05) is 0 Å². The molecule has 0 spiro atoms. The standard InChI is InChI=1S/C21H14BrF3N2O/c1-13-5-3-7-15(9-13)18-11-17(21(23,24)25)19(26-2)20(28)27(18)12-14-6-4-8-16(22)10-14/h3-11H,12H2,1H3. The zero-order valence-corrected chi connectivity index (χ0v) is 16.3. The van der Waals surface area contributed by atoms with Crippen LogP contribution in [0.3, 0.4) is 0 Å². The molecule has 0 saturated carbocycles. The second-order valence-corrected chi connectivity index (χ2v) is 7.21. The van der Waals surface area contributed by atoms with Gasteiger partial charge >= 0.3 is 6.18 Å². The van der Waals surface area contributed by atoms with Crippen LogP contribution in [0.4, 0.5) is 18.9 Å². The fourth-order valence-electron chi connectivity index (χ4n) is 2.98. The number of aromatic nitrogens is 1. The minimum Gasteiger partial charge on any atom is -0.313 e. The Kier molecular flexibility index (Phi) is 5.43. The second kappa shape index (κ2) is 7.64. The van der Waals surface area contributed by atoms with Crippen molar-refractivity contribution in [2.45, 2.75) is 19.6 Å². The van der Waals surface area contributed by atoms with Crippen LogP contribution in [0.5, 0.6) is 0 Å². The van der Waals surface area contributed by atoms with Crippen LogP contribution in [0.1, 0.15) is 16.7 Å². The van der Waals surface area contributed by atoms with Gasteiger partial charge in [0.15, 0.2) is 0 Å². The number of rotatable bonds is 3. The molecule has 0 unspecified atom stereocenters. The third-order valence-electron chi connectivity index (χ3n) is 4.24. The molecule has 2 aromatic carbocycles. The Balaban J connectivity index is 2.32. The van der Waals surface area contributed by atoms with Gasteiger partial charge in [-0.25, -0.2) is 4.85 Å². The van der Waals surface area contributed by atoms with Crippen molar-refractivity contribution in [3.05, 3.63) is 97.5 Å². The molecule has 0 aliphatic rings. The predicted molar refractivity (Wildman–Crippen MR) is 105 cm³/mol. The van der Waals surface area contributed by atoms with Gasteiger partial charge in [-0.2, -0.15) is 13.2 Å². The van der Waals surface area contributed by atoms with Crippen LogP contribution >= 0.6 is 15.9 Å². The van der Waals surface area contributed by atoms with E-state index >= 15 is 0 Å². The van der Waals surface area contributed by atoms with Gasteiger partial charge in [0, 0.05) is 16.7 Å². The highest BCUT2D eigenvalue weighted by molar-refractivity contribution is 9.10. The molecule has 0 atom stereocenters. The van der Waals surface area contributed by atoms with E-state index < -0.39 is 23.0 Å². The molecule has 3 aromatic rings. The topological polar surface area (TPSA) is 26.4 Å². The summed E-state index contributed by atoms with van der Waals surface area (Å²) in [7, 11) is 0. The molecule has 0 radical (unpaired) electrons. The summed E-state index contributed by atoms with van der Waals surface area (Å²) < 4.78 is 42.5. The molecule has 28 heavy (non-hydrogen) atoms. The van der Waals surface area contributed by atoms with Crippen molar-refractivity contribution in [3.63, 3.8) is 0 Å². The smallest absolute Gasteiger partial charge is 0.313 e. The van der Waals surface area contributed by atoms with Gasteiger partial charge in [0.25, 0.3) is 11.2 Å². The SMILES string of the molecule is [C-]#[N+]c1c(C(F)(F)F)cc(-c2cccc(C)c2)n(Cc2cccc(Br)c2)c1=O. The summed E-state index contributed by atoms with van der Waals surface area (Å²) in [5.74, 6) is 0. The molecule has 0 aliphatic carbocycles. The maximum atomic E-state index is 13.5. The summed E-state index contributed by atoms with van der Waals surface area (Å²) in [6.07, 6.45) is -4.80. The van der Waals surface area contributed by atoms with E-state index in [0.29, 0.717) is 5.56 Å². The molecule has 0 amide bonds. The zero-order valence-electron chi connectivity index (χ0n) is 14.7. The molecule has 0 bridgehead atoms. The molecule has 1 aromatic heterocycles. The van der Waals surface area contributed by atoms with E-state index in [4.69, 9.17) is 6.57 Å². The Hall–Kier alpha value is -2.85. The lowest BCUT2D eigenvalue weighted by Crippen LogP contribution is -2.25. The largest absolute Gasteiger partial charge is 0.407 e. The van der Waals surface area contributed by atoms with Crippen LogP contribution in [0.2, 0.25) is 0 Å². The third kappa shape index (κ3) is 4.02. The fourth-order valence-corrected chi connectivity index (χ4v) is 3.42. The summed E-state index contributed by atoms with van der Waals surface area (Å²) in [6.45, 7) is 8.99. The number of benzene rings is 2. The highest BCUT2D eigenvalue weighted by Gasteiger charge is 2.36. The third-order valence-corrected chi connectivity index (χ3v) is 4.73. The van der Waals surface area contributed by atoms with E-state index in [1.54, 1.807) is 36.4 Å². The lowest BCUT2D eigenvalue weighted by molar-refractivity contribution is -0.136. The van der Waals surface area contributed by atoms with Crippen LogP contribution < -0.4 is 5.56 Å². The van der Waals surface area contributed by atoms with Crippen LogP contribution in [0.25, 0.3) is 16.1 Å². The summed E-state index contributed by atoms with van der Waals surface area (Å²) in [5.41, 5.74) is -0.917. The number of pyridine rings is 1. The zero-order chi connectivity index (χ0) is 20.5. The molecule has 3 nitrogen and oxygen atoms in total. The Labute approximate surface area is 168 Å². The maximum absolute atomic E-state index is 13.5. The Morgan fingerprint density at radius 2 is 1.82 bits per heavy atom. The molecule has 0 fully saturated rings. The number of nitrogens with zero attached hydrogens (tertiary/aromatic N) is 2. The van der Waals surface area contributed by atoms with Crippen molar-refractivity contribution in [3.8, 4) is 11.3 Å². The van der Waals surface area contributed by atoms with Gasteiger partial charge in [-0.3, -0.25) is 4.79 Å². The number of halogens is 4. The quantitative estimate of drug-likeness (QED) is 0.439. The maximum Gasteiger partial charge on any atom is 0.407 e. The Morgan fingerprint density at radius 3 is 2.43 bits per heavy atom. The van der Waals surface area contributed by atoms with Crippen molar-refractivity contribution in [2.24, 2.45) is 0 Å². The van der Waals surface area contributed by atoms with Crippen molar-refractivity contribution in [1.82, 2.24) is 4.57 Å². The number of aryl methyl sites for hydroxylation is 1. The lowest BCUT2D eigenvalue weighted by atomic mass is 10.0. The average molecular weight is 447 g/mol. The van der Waals surface area contributed by atoms with Gasteiger partial charge in [0.1, 0.15) is 0 Å². The Morgan fingerprint density at radius 1 is 1.11 bits per heavy atom. The number of hydrogen-bond acceptors (Lipinski definition) is 1. The van der Waals surface area contributed by atoms with E-state index in [0.717, 1.165) is 21.7 Å². The summed E-state index contributed by atoms with van der Waals surface area (Å²) in [4.78, 5) is 15.8. The van der Waals surface area contributed by atoms with E-state index in [2.05, 4.69) is 20.8 Å². The van der Waals surface area contributed by atoms with E-state index in [1.807, 2.05) is 19.1 Å². The predicted octanol–water partition coefficient (Wildman–Crippen LogP) is 6.20. The highest BCUT2D eigenvalue weighted by atomic mass is 79.9. The molecule has 1 heterocycles. The highest BCUT2D eigenvalue weighted by Crippen LogP contribution is 2.37. The molecule has 0 saturated heterocycles. The summed E-state index contributed by atoms with van der Waals surface area (Å²) in [5, 5.41) is 0. The minimum absolute atomic E-state index is 0.0439. The van der Waals surface area contributed by atoms with Crippen molar-refractivity contribution < 1.29 is 13.2 Å². The summed E-state index contributed by atoms with van der Waals surface area (Å²) in [6, 6.07) is 14.9. The van der Waals surface area contributed by atoms with Crippen LogP contribution in [-0.2, 0) is 12.7 Å².